The number of nitriles is 1. The van der Waals surface area contributed by atoms with Crippen LogP contribution >= 0.6 is 0 Å². The lowest BCUT2D eigenvalue weighted by molar-refractivity contribution is -0.129. The lowest BCUT2D eigenvalue weighted by atomic mass is 10.2. The molecule has 68 valence electrons. The molecule has 0 N–H and O–H groups in total. The molecule has 1 amide bonds. The monoisotopic (exact) mass is 178 g/mol. The third-order valence-corrected chi connectivity index (χ3v) is 1.82. The Balaban J connectivity index is 2.88. The molecular formula is C9H10N2O2. The number of furan rings is 1. The molecule has 0 saturated heterocycles. The summed E-state index contributed by atoms with van der Waals surface area (Å²) in [4.78, 5) is 12.3. The summed E-state index contributed by atoms with van der Waals surface area (Å²) < 4.78 is 5.04. The molecule has 1 aromatic rings. The fourth-order valence-electron chi connectivity index (χ4n) is 0.970. The summed E-state index contributed by atoms with van der Waals surface area (Å²) in [6, 6.07) is 4.73. The SMILES string of the molecule is CC(=O)N(C)C(C#N)c1ccco1. The summed E-state index contributed by atoms with van der Waals surface area (Å²) in [6.07, 6.45) is 1.48. The van der Waals surface area contributed by atoms with Crippen LogP contribution in [0.1, 0.15) is 18.7 Å². The first-order valence-electron chi connectivity index (χ1n) is 3.83. The van der Waals surface area contributed by atoms with Crippen LogP contribution in [0, 0.1) is 11.3 Å². The fourth-order valence-corrected chi connectivity index (χ4v) is 0.970. The van der Waals surface area contributed by atoms with Crippen molar-refractivity contribution >= 4 is 5.91 Å². The number of hydrogen-bond donors (Lipinski definition) is 0. The molecule has 4 heteroatoms. The van der Waals surface area contributed by atoms with Crippen molar-refractivity contribution in [1.82, 2.24) is 4.90 Å². The number of amides is 1. The van der Waals surface area contributed by atoms with E-state index in [0.717, 1.165) is 0 Å². The molecular weight excluding hydrogens is 168 g/mol. The van der Waals surface area contributed by atoms with Gasteiger partial charge in [-0.2, -0.15) is 5.26 Å². The van der Waals surface area contributed by atoms with E-state index in [1.54, 1.807) is 19.2 Å². The van der Waals surface area contributed by atoms with E-state index in [9.17, 15) is 4.79 Å². The van der Waals surface area contributed by atoms with Gasteiger partial charge in [-0.25, -0.2) is 0 Å². The largest absolute Gasteiger partial charge is 0.466 e. The molecule has 1 unspecified atom stereocenters. The molecule has 0 spiro atoms. The van der Waals surface area contributed by atoms with E-state index in [-0.39, 0.29) is 5.91 Å². The van der Waals surface area contributed by atoms with Crippen molar-refractivity contribution in [2.75, 3.05) is 7.05 Å². The first kappa shape index (κ1) is 9.33. The van der Waals surface area contributed by atoms with Crippen LogP contribution < -0.4 is 0 Å². The van der Waals surface area contributed by atoms with Crippen molar-refractivity contribution in [3.63, 3.8) is 0 Å². The molecule has 0 fully saturated rings. The number of nitrogens with zero attached hydrogens (tertiary/aromatic N) is 2. The third-order valence-electron chi connectivity index (χ3n) is 1.82. The highest BCUT2D eigenvalue weighted by Gasteiger charge is 2.20. The second-order valence-corrected chi connectivity index (χ2v) is 2.68. The van der Waals surface area contributed by atoms with Crippen molar-refractivity contribution in [3.8, 4) is 6.07 Å². The first-order valence-corrected chi connectivity index (χ1v) is 3.83. The topological polar surface area (TPSA) is 57.2 Å². The summed E-state index contributed by atoms with van der Waals surface area (Å²) in [5.41, 5.74) is 0. The van der Waals surface area contributed by atoms with Gasteiger partial charge in [0.2, 0.25) is 5.91 Å². The third kappa shape index (κ3) is 1.88. The quantitative estimate of drug-likeness (QED) is 0.686. The van der Waals surface area contributed by atoms with E-state index in [1.807, 2.05) is 6.07 Å². The number of carbonyl (C=O) groups is 1. The molecule has 1 atom stereocenters. The predicted molar refractivity (Wildman–Crippen MR) is 45.5 cm³/mol. The summed E-state index contributed by atoms with van der Waals surface area (Å²) in [5.74, 6) is 0.322. The smallest absolute Gasteiger partial charge is 0.220 e. The lowest BCUT2D eigenvalue weighted by Gasteiger charge is -2.18. The molecule has 1 heterocycles. The minimum absolute atomic E-state index is 0.164. The van der Waals surface area contributed by atoms with Crippen molar-refractivity contribution in [1.29, 1.82) is 5.26 Å². The maximum atomic E-state index is 11.0. The van der Waals surface area contributed by atoms with Crippen LogP contribution in [0.15, 0.2) is 22.8 Å². The van der Waals surface area contributed by atoms with Gasteiger partial charge in [0.1, 0.15) is 5.76 Å². The second kappa shape index (κ2) is 3.76. The van der Waals surface area contributed by atoms with Gasteiger partial charge in [0, 0.05) is 14.0 Å². The van der Waals surface area contributed by atoms with Gasteiger partial charge in [-0.05, 0) is 12.1 Å². The van der Waals surface area contributed by atoms with Gasteiger partial charge in [-0.15, -0.1) is 0 Å². The molecule has 13 heavy (non-hydrogen) atoms. The Morgan fingerprint density at radius 3 is 2.85 bits per heavy atom. The molecule has 0 bridgehead atoms. The first-order chi connectivity index (χ1) is 6.16. The second-order valence-electron chi connectivity index (χ2n) is 2.68. The molecule has 0 aromatic carbocycles. The van der Waals surface area contributed by atoms with Gasteiger partial charge < -0.3 is 9.32 Å². The molecule has 0 radical (unpaired) electrons. The Morgan fingerprint density at radius 1 is 1.77 bits per heavy atom. The van der Waals surface area contributed by atoms with Crippen molar-refractivity contribution in [2.24, 2.45) is 0 Å². The summed E-state index contributed by atoms with van der Waals surface area (Å²) in [6.45, 7) is 1.41. The molecule has 1 aromatic heterocycles. The average Bonchev–Trinajstić information content (AvgIpc) is 2.58. The fraction of sp³-hybridized carbons (Fsp3) is 0.333. The number of hydrogen-bond acceptors (Lipinski definition) is 3. The lowest BCUT2D eigenvalue weighted by Crippen LogP contribution is -2.27. The van der Waals surface area contributed by atoms with Crippen molar-refractivity contribution in [3.05, 3.63) is 24.2 Å². The molecule has 1 rings (SSSR count). The van der Waals surface area contributed by atoms with E-state index in [0.29, 0.717) is 5.76 Å². The number of rotatable bonds is 2. The highest BCUT2D eigenvalue weighted by Crippen LogP contribution is 2.18. The van der Waals surface area contributed by atoms with E-state index < -0.39 is 6.04 Å². The summed E-state index contributed by atoms with van der Waals surface area (Å²) in [5, 5.41) is 8.81. The van der Waals surface area contributed by atoms with Crippen molar-refractivity contribution in [2.45, 2.75) is 13.0 Å². The Labute approximate surface area is 76.4 Å². The Hall–Kier alpha value is -1.76. The predicted octanol–water partition coefficient (Wildman–Crippen LogP) is 1.32. The summed E-state index contributed by atoms with van der Waals surface area (Å²) in [7, 11) is 1.57. The van der Waals surface area contributed by atoms with Gasteiger partial charge in [0.05, 0.1) is 12.3 Å². The highest BCUT2D eigenvalue weighted by atomic mass is 16.3. The molecule has 0 aliphatic heterocycles. The van der Waals surface area contributed by atoms with Crippen LogP contribution in [0.2, 0.25) is 0 Å². The van der Waals surface area contributed by atoms with Crippen LogP contribution in [0.4, 0.5) is 0 Å². The Morgan fingerprint density at radius 2 is 2.46 bits per heavy atom. The zero-order valence-electron chi connectivity index (χ0n) is 7.52. The van der Waals surface area contributed by atoms with Crippen LogP contribution in [-0.2, 0) is 4.79 Å². The van der Waals surface area contributed by atoms with Crippen LogP contribution in [0.3, 0.4) is 0 Å². The van der Waals surface area contributed by atoms with Crippen LogP contribution in [-0.4, -0.2) is 17.9 Å². The van der Waals surface area contributed by atoms with E-state index in [4.69, 9.17) is 9.68 Å². The zero-order chi connectivity index (χ0) is 9.84. The molecule has 4 nitrogen and oxygen atoms in total. The minimum atomic E-state index is -0.632. The normalized spacial score (nSPS) is 11.8. The Kier molecular flexibility index (Phi) is 2.70. The van der Waals surface area contributed by atoms with E-state index >= 15 is 0 Å². The van der Waals surface area contributed by atoms with Crippen LogP contribution in [0.25, 0.3) is 0 Å². The number of carbonyl (C=O) groups excluding carboxylic acids is 1. The van der Waals surface area contributed by atoms with Gasteiger partial charge in [0.25, 0.3) is 0 Å². The minimum Gasteiger partial charge on any atom is -0.466 e. The van der Waals surface area contributed by atoms with Gasteiger partial charge >= 0.3 is 0 Å². The standard InChI is InChI=1S/C9H10N2O2/c1-7(12)11(2)8(6-10)9-4-3-5-13-9/h3-5,8H,1-2H3. The van der Waals surface area contributed by atoms with Crippen molar-refractivity contribution < 1.29 is 9.21 Å². The zero-order valence-corrected chi connectivity index (χ0v) is 7.52. The highest BCUT2D eigenvalue weighted by molar-refractivity contribution is 5.73. The molecule has 0 saturated carbocycles. The maximum absolute atomic E-state index is 11.0. The van der Waals surface area contributed by atoms with E-state index in [1.165, 1.54) is 18.1 Å². The van der Waals surface area contributed by atoms with Gasteiger partial charge in [-0.1, -0.05) is 0 Å². The summed E-state index contributed by atoms with van der Waals surface area (Å²) >= 11 is 0. The average molecular weight is 178 g/mol. The Bertz CT molecular complexity index is 324. The molecule has 0 aliphatic rings. The van der Waals surface area contributed by atoms with Gasteiger partial charge in [-0.3, -0.25) is 4.79 Å². The van der Waals surface area contributed by atoms with Crippen LogP contribution in [0.5, 0.6) is 0 Å². The maximum Gasteiger partial charge on any atom is 0.220 e. The van der Waals surface area contributed by atoms with E-state index in [2.05, 4.69) is 0 Å². The van der Waals surface area contributed by atoms with Gasteiger partial charge in [0.15, 0.2) is 6.04 Å². The molecule has 0 aliphatic carbocycles.